The van der Waals surface area contributed by atoms with E-state index in [0.717, 1.165) is 28.9 Å². The second-order valence-corrected chi connectivity index (χ2v) is 13.1. The lowest BCUT2D eigenvalue weighted by Gasteiger charge is -2.27. The van der Waals surface area contributed by atoms with Gasteiger partial charge in [0.15, 0.2) is 15.7 Å². The van der Waals surface area contributed by atoms with Gasteiger partial charge in [-0.25, -0.2) is 8.42 Å². The van der Waals surface area contributed by atoms with Gasteiger partial charge in [0.25, 0.3) is 0 Å². The summed E-state index contributed by atoms with van der Waals surface area (Å²) in [5, 5.41) is 7.10. The molecule has 13 heteroatoms. The van der Waals surface area contributed by atoms with E-state index >= 15 is 0 Å². The minimum Gasteiger partial charge on any atom is -0.353 e. The van der Waals surface area contributed by atoms with Crippen LogP contribution in [0.3, 0.4) is 0 Å². The molecule has 0 atom stereocenters. The number of hydrogen-bond donors (Lipinski definition) is 1. The average Bonchev–Trinajstić information content (AvgIpc) is 3.57. The second kappa shape index (κ2) is 11.0. The summed E-state index contributed by atoms with van der Waals surface area (Å²) in [5.41, 5.74) is 1.12. The SMILES string of the molecule is CCS(=O)(=O)c1ccc(N(CC(=O)Nc2cc(C)c(C(C)(C)c3noc(C4CC4)n3)c(Cl)c2)CC(F)(F)F)cc1. The number of nitrogens with zero attached hydrogens (tertiary/aromatic N) is 3. The number of anilines is 2. The Hall–Kier alpha value is -3.12. The van der Waals surface area contributed by atoms with Crippen molar-refractivity contribution in [2.45, 2.75) is 62.9 Å². The second-order valence-electron chi connectivity index (χ2n) is 10.4. The summed E-state index contributed by atoms with van der Waals surface area (Å²) in [6.07, 6.45) is -2.57. The van der Waals surface area contributed by atoms with E-state index in [0.29, 0.717) is 28.3 Å². The molecule has 1 fully saturated rings. The maximum Gasteiger partial charge on any atom is 0.405 e. The van der Waals surface area contributed by atoms with Crippen LogP contribution in [0.2, 0.25) is 5.02 Å². The quantitative estimate of drug-likeness (QED) is 0.303. The van der Waals surface area contributed by atoms with Crippen LogP contribution in [-0.4, -0.2) is 49.5 Å². The van der Waals surface area contributed by atoms with Gasteiger partial charge in [0.1, 0.15) is 6.54 Å². The minimum atomic E-state index is -4.60. The molecule has 0 bridgehead atoms. The third-order valence-electron chi connectivity index (χ3n) is 6.77. The monoisotopic (exact) mass is 598 g/mol. The molecule has 40 heavy (non-hydrogen) atoms. The molecule has 0 spiro atoms. The molecule has 1 aliphatic rings. The van der Waals surface area contributed by atoms with E-state index < -0.39 is 40.4 Å². The van der Waals surface area contributed by atoms with Gasteiger partial charge in [-0.05, 0) is 81.1 Å². The molecule has 0 saturated heterocycles. The lowest BCUT2D eigenvalue weighted by atomic mass is 9.81. The number of aromatic nitrogens is 2. The number of aryl methyl sites for hydroxylation is 1. The van der Waals surface area contributed by atoms with Crippen LogP contribution in [0.15, 0.2) is 45.8 Å². The van der Waals surface area contributed by atoms with E-state index in [9.17, 15) is 26.4 Å². The number of carbonyl (C=O) groups excluding carboxylic acids is 1. The van der Waals surface area contributed by atoms with Gasteiger partial charge in [0.05, 0.1) is 22.6 Å². The topological polar surface area (TPSA) is 105 Å². The summed E-state index contributed by atoms with van der Waals surface area (Å²) < 4.78 is 69.6. The molecule has 4 rings (SSSR count). The van der Waals surface area contributed by atoms with Gasteiger partial charge in [0, 0.05) is 22.3 Å². The Morgan fingerprint density at radius 3 is 2.38 bits per heavy atom. The normalized spacial score (nSPS) is 14.3. The predicted octanol–water partition coefficient (Wildman–Crippen LogP) is 6.04. The van der Waals surface area contributed by atoms with Gasteiger partial charge in [-0.2, -0.15) is 18.2 Å². The summed E-state index contributed by atoms with van der Waals surface area (Å²) in [7, 11) is -3.53. The molecule has 3 aromatic rings. The van der Waals surface area contributed by atoms with Gasteiger partial charge in [-0.15, -0.1) is 0 Å². The first kappa shape index (κ1) is 29.9. The molecule has 8 nitrogen and oxygen atoms in total. The van der Waals surface area contributed by atoms with Crippen LogP contribution in [0.4, 0.5) is 24.5 Å². The standard InChI is InChI=1S/C27H30ClF3N4O4S/c1-5-40(37,38)20-10-8-19(9-11-20)35(15-27(29,30)31)14-22(36)32-18-12-16(2)23(21(28)13-18)26(3,4)25-33-24(39-34-25)17-6-7-17/h8-13,17H,5-7,14-15H2,1-4H3,(H,32,36). The van der Waals surface area contributed by atoms with Crippen LogP contribution in [0, 0.1) is 6.92 Å². The van der Waals surface area contributed by atoms with Crippen molar-refractivity contribution in [1.82, 2.24) is 10.1 Å². The zero-order valence-corrected chi connectivity index (χ0v) is 24.0. The lowest BCUT2D eigenvalue weighted by Crippen LogP contribution is -2.39. The molecule has 216 valence electrons. The first-order chi connectivity index (χ1) is 18.6. The zero-order valence-electron chi connectivity index (χ0n) is 22.5. The fraction of sp³-hybridized carbons (Fsp3) is 0.444. The predicted molar refractivity (Wildman–Crippen MR) is 146 cm³/mol. The molecular formula is C27H30ClF3N4O4S. The number of amides is 1. The molecule has 1 heterocycles. The van der Waals surface area contributed by atoms with E-state index in [1.54, 1.807) is 6.07 Å². The number of carbonyl (C=O) groups is 1. The van der Waals surface area contributed by atoms with E-state index in [1.165, 1.54) is 37.3 Å². The number of nitrogens with one attached hydrogen (secondary N) is 1. The largest absolute Gasteiger partial charge is 0.405 e. The zero-order chi connectivity index (χ0) is 29.5. The molecule has 1 aliphatic carbocycles. The van der Waals surface area contributed by atoms with Crippen LogP contribution in [0.5, 0.6) is 0 Å². The molecule has 0 aliphatic heterocycles. The van der Waals surface area contributed by atoms with Crippen molar-refractivity contribution in [3.63, 3.8) is 0 Å². The Morgan fingerprint density at radius 2 is 1.82 bits per heavy atom. The molecule has 1 amide bonds. The summed E-state index contributed by atoms with van der Waals surface area (Å²) in [6, 6.07) is 8.19. The third-order valence-corrected chi connectivity index (χ3v) is 8.82. The van der Waals surface area contributed by atoms with Gasteiger partial charge in [0.2, 0.25) is 11.8 Å². The highest BCUT2D eigenvalue weighted by molar-refractivity contribution is 7.91. The molecule has 2 aromatic carbocycles. The Labute approximate surface area is 235 Å². The van der Waals surface area contributed by atoms with E-state index in [1.807, 2.05) is 20.8 Å². The van der Waals surface area contributed by atoms with Crippen molar-refractivity contribution < 1.29 is 30.9 Å². The Morgan fingerprint density at radius 1 is 1.18 bits per heavy atom. The highest BCUT2D eigenvalue weighted by Crippen LogP contribution is 2.42. The van der Waals surface area contributed by atoms with Crippen molar-refractivity contribution in [2.75, 3.05) is 29.1 Å². The fourth-order valence-electron chi connectivity index (χ4n) is 4.56. The molecule has 0 unspecified atom stereocenters. The number of sulfone groups is 1. The van der Waals surface area contributed by atoms with Crippen LogP contribution in [0.1, 0.15) is 62.4 Å². The van der Waals surface area contributed by atoms with Crippen molar-refractivity contribution in [2.24, 2.45) is 0 Å². The number of hydrogen-bond acceptors (Lipinski definition) is 7. The van der Waals surface area contributed by atoms with Crippen LogP contribution >= 0.6 is 11.6 Å². The third kappa shape index (κ3) is 6.77. The first-order valence-corrected chi connectivity index (χ1v) is 14.7. The molecular weight excluding hydrogens is 569 g/mol. The van der Waals surface area contributed by atoms with Gasteiger partial charge < -0.3 is 14.7 Å². The van der Waals surface area contributed by atoms with Crippen molar-refractivity contribution in [3.05, 3.63) is 64.3 Å². The number of benzene rings is 2. The summed E-state index contributed by atoms with van der Waals surface area (Å²) in [6.45, 7) is 5.07. The highest BCUT2D eigenvalue weighted by atomic mass is 35.5. The highest BCUT2D eigenvalue weighted by Gasteiger charge is 2.36. The summed E-state index contributed by atoms with van der Waals surface area (Å²) in [5.74, 6) is 0.535. The van der Waals surface area contributed by atoms with Crippen molar-refractivity contribution >= 4 is 38.7 Å². The average molecular weight is 599 g/mol. The van der Waals surface area contributed by atoms with Gasteiger partial charge >= 0.3 is 6.18 Å². The van der Waals surface area contributed by atoms with E-state index in [4.69, 9.17) is 16.1 Å². The number of rotatable bonds is 10. The lowest BCUT2D eigenvalue weighted by molar-refractivity contribution is -0.122. The Kier molecular flexibility index (Phi) is 8.24. The smallest absolute Gasteiger partial charge is 0.353 e. The molecule has 1 N–H and O–H groups in total. The minimum absolute atomic E-state index is 0.00660. The number of halogens is 4. The fourth-order valence-corrected chi connectivity index (χ4v) is 5.95. The molecule has 1 saturated carbocycles. The van der Waals surface area contributed by atoms with E-state index in [-0.39, 0.29) is 16.3 Å². The molecule has 1 aromatic heterocycles. The van der Waals surface area contributed by atoms with Crippen LogP contribution in [0.25, 0.3) is 0 Å². The Bertz CT molecular complexity index is 1480. The van der Waals surface area contributed by atoms with Crippen molar-refractivity contribution in [3.8, 4) is 0 Å². The van der Waals surface area contributed by atoms with Gasteiger partial charge in [-0.1, -0.05) is 23.7 Å². The Balaban J connectivity index is 1.52. The number of alkyl halides is 3. The molecule has 0 radical (unpaired) electrons. The summed E-state index contributed by atoms with van der Waals surface area (Å²) in [4.78, 5) is 18.2. The first-order valence-electron chi connectivity index (χ1n) is 12.7. The van der Waals surface area contributed by atoms with E-state index in [2.05, 4.69) is 15.5 Å². The summed E-state index contributed by atoms with van der Waals surface area (Å²) >= 11 is 6.64. The maximum atomic E-state index is 13.3. The maximum absolute atomic E-state index is 13.3. The van der Waals surface area contributed by atoms with Crippen LogP contribution in [-0.2, 0) is 20.0 Å². The van der Waals surface area contributed by atoms with Gasteiger partial charge in [-0.3, -0.25) is 4.79 Å². The van der Waals surface area contributed by atoms with Crippen LogP contribution < -0.4 is 10.2 Å². The van der Waals surface area contributed by atoms with Crippen molar-refractivity contribution in [1.29, 1.82) is 0 Å².